The van der Waals surface area contributed by atoms with Crippen LogP contribution in [0.2, 0.25) is 0 Å². The first-order valence-corrected chi connectivity index (χ1v) is 11.6. The summed E-state index contributed by atoms with van der Waals surface area (Å²) in [5, 5.41) is 0. The third-order valence-electron chi connectivity index (χ3n) is 5.19. The predicted octanol–water partition coefficient (Wildman–Crippen LogP) is 4.92. The van der Waals surface area contributed by atoms with Gasteiger partial charge in [0.2, 0.25) is 0 Å². The van der Waals surface area contributed by atoms with Crippen molar-refractivity contribution in [1.82, 2.24) is 9.97 Å². The van der Waals surface area contributed by atoms with E-state index in [4.69, 9.17) is 0 Å². The minimum absolute atomic E-state index is 0.0294. The summed E-state index contributed by atoms with van der Waals surface area (Å²) in [4.78, 5) is 8.88. The third kappa shape index (κ3) is 4.47. The van der Waals surface area contributed by atoms with Crippen LogP contribution in [0.3, 0.4) is 0 Å². The molecule has 0 aliphatic rings. The summed E-state index contributed by atoms with van der Waals surface area (Å²) in [7, 11) is -3.29. The lowest BCUT2D eigenvalue weighted by Gasteiger charge is -2.20. The molecule has 0 aliphatic heterocycles. The number of aromatic nitrogens is 2. The first-order chi connectivity index (χ1) is 14.5. The van der Waals surface area contributed by atoms with Gasteiger partial charge in [0.15, 0.2) is 9.84 Å². The number of rotatable bonds is 6. The highest BCUT2D eigenvalue weighted by Gasteiger charge is 2.19. The number of sulfone groups is 1. The van der Waals surface area contributed by atoms with Crippen LogP contribution < -0.4 is 0 Å². The Morgan fingerprint density at radius 2 is 1.53 bits per heavy atom. The fraction of sp³-hybridized carbons (Fsp3) is 0.120. The molecule has 0 spiro atoms. The molecule has 0 bridgehead atoms. The van der Waals surface area contributed by atoms with Crippen molar-refractivity contribution in [3.8, 4) is 11.1 Å². The SMILES string of the molecule is CS(=O)(=O)c1cccc(C(Cc2ccccc2-c2cccnc2)c2cccnc2)c1. The van der Waals surface area contributed by atoms with Crippen LogP contribution in [0.1, 0.15) is 22.6 Å². The zero-order chi connectivity index (χ0) is 21.0. The van der Waals surface area contributed by atoms with E-state index in [1.54, 1.807) is 24.5 Å². The Balaban J connectivity index is 1.81. The van der Waals surface area contributed by atoms with Crippen molar-refractivity contribution in [2.24, 2.45) is 0 Å². The van der Waals surface area contributed by atoms with Gasteiger partial charge in [-0.05, 0) is 52.9 Å². The molecular formula is C25H22N2O2S. The number of benzene rings is 2. The molecule has 2 aromatic heterocycles. The normalized spacial score (nSPS) is 12.4. The van der Waals surface area contributed by atoms with Crippen LogP contribution in [0.5, 0.6) is 0 Å². The van der Waals surface area contributed by atoms with Crippen LogP contribution >= 0.6 is 0 Å². The molecule has 4 rings (SSSR count). The van der Waals surface area contributed by atoms with E-state index in [1.165, 1.54) is 11.8 Å². The van der Waals surface area contributed by atoms with E-state index in [2.05, 4.69) is 28.2 Å². The van der Waals surface area contributed by atoms with Crippen molar-refractivity contribution in [2.45, 2.75) is 17.2 Å². The molecule has 30 heavy (non-hydrogen) atoms. The Kier molecular flexibility index (Phi) is 5.72. The molecule has 0 saturated heterocycles. The zero-order valence-electron chi connectivity index (χ0n) is 16.6. The van der Waals surface area contributed by atoms with Crippen molar-refractivity contribution >= 4 is 9.84 Å². The standard InChI is InChI=1S/C25H22N2O2S/c1-30(28,29)23-11-4-8-19(15-23)25(22-10-6-14-27-18-22)16-20-7-2-3-12-24(20)21-9-5-13-26-17-21/h2-15,17-18,25H,16H2,1H3. The Hall–Kier alpha value is -3.31. The number of hydrogen-bond donors (Lipinski definition) is 0. The van der Waals surface area contributed by atoms with E-state index in [1.807, 2.05) is 54.9 Å². The largest absolute Gasteiger partial charge is 0.264 e. The van der Waals surface area contributed by atoms with E-state index in [9.17, 15) is 8.42 Å². The van der Waals surface area contributed by atoms with E-state index in [0.29, 0.717) is 11.3 Å². The average Bonchev–Trinajstić information content (AvgIpc) is 2.78. The molecule has 0 radical (unpaired) electrons. The van der Waals surface area contributed by atoms with Crippen LogP contribution in [0.4, 0.5) is 0 Å². The van der Waals surface area contributed by atoms with Crippen LogP contribution in [0.25, 0.3) is 11.1 Å². The van der Waals surface area contributed by atoms with Crippen LogP contribution in [-0.2, 0) is 16.3 Å². The highest BCUT2D eigenvalue weighted by Crippen LogP contribution is 2.33. The van der Waals surface area contributed by atoms with Crippen LogP contribution in [0.15, 0.2) is 102 Å². The van der Waals surface area contributed by atoms with Gasteiger partial charge in [0, 0.05) is 42.5 Å². The highest BCUT2D eigenvalue weighted by molar-refractivity contribution is 7.90. The second kappa shape index (κ2) is 8.59. The van der Waals surface area contributed by atoms with E-state index in [0.717, 1.165) is 22.3 Å². The van der Waals surface area contributed by atoms with Crippen molar-refractivity contribution < 1.29 is 8.42 Å². The molecule has 0 N–H and O–H groups in total. The number of nitrogens with zero attached hydrogens (tertiary/aromatic N) is 2. The van der Waals surface area contributed by atoms with Gasteiger partial charge in [0.05, 0.1) is 4.90 Å². The van der Waals surface area contributed by atoms with Gasteiger partial charge in [0.25, 0.3) is 0 Å². The Morgan fingerprint density at radius 1 is 0.800 bits per heavy atom. The lowest BCUT2D eigenvalue weighted by molar-refractivity contribution is 0.601. The maximum Gasteiger partial charge on any atom is 0.175 e. The first kappa shape index (κ1) is 20.0. The molecule has 2 aromatic carbocycles. The van der Waals surface area contributed by atoms with E-state index < -0.39 is 9.84 Å². The highest BCUT2D eigenvalue weighted by atomic mass is 32.2. The zero-order valence-corrected chi connectivity index (χ0v) is 17.5. The van der Waals surface area contributed by atoms with Gasteiger partial charge < -0.3 is 0 Å². The average molecular weight is 415 g/mol. The summed E-state index contributed by atoms with van der Waals surface area (Å²) in [6.07, 6.45) is 9.18. The van der Waals surface area contributed by atoms with Gasteiger partial charge in [-0.1, -0.05) is 48.5 Å². The summed E-state index contributed by atoms with van der Waals surface area (Å²) in [6, 6.07) is 23.4. The lowest BCUT2D eigenvalue weighted by Crippen LogP contribution is -2.08. The summed E-state index contributed by atoms with van der Waals surface area (Å²) in [5.74, 6) is -0.0294. The Morgan fingerprint density at radius 3 is 2.23 bits per heavy atom. The topological polar surface area (TPSA) is 59.9 Å². The molecule has 4 aromatic rings. The van der Waals surface area contributed by atoms with Gasteiger partial charge in [-0.3, -0.25) is 9.97 Å². The van der Waals surface area contributed by atoms with E-state index >= 15 is 0 Å². The van der Waals surface area contributed by atoms with Crippen LogP contribution in [0, 0.1) is 0 Å². The lowest BCUT2D eigenvalue weighted by atomic mass is 9.84. The van der Waals surface area contributed by atoms with Gasteiger partial charge in [-0.2, -0.15) is 0 Å². The molecule has 150 valence electrons. The molecule has 0 aliphatic carbocycles. The molecule has 0 saturated carbocycles. The van der Waals surface area contributed by atoms with Gasteiger partial charge in [0.1, 0.15) is 0 Å². The minimum Gasteiger partial charge on any atom is -0.264 e. The maximum atomic E-state index is 12.1. The van der Waals surface area contributed by atoms with Crippen LogP contribution in [-0.4, -0.2) is 24.6 Å². The quantitative estimate of drug-likeness (QED) is 0.449. The van der Waals surface area contributed by atoms with Gasteiger partial charge in [-0.25, -0.2) is 8.42 Å². The molecule has 1 atom stereocenters. The summed E-state index contributed by atoms with van der Waals surface area (Å²) in [6.45, 7) is 0. The molecule has 4 nitrogen and oxygen atoms in total. The molecule has 2 heterocycles. The minimum atomic E-state index is -3.29. The fourth-order valence-corrected chi connectivity index (χ4v) is 4.37. The number of pyridine rings is 2. The van der Waals surface area contributed by atoms with Crippen molar-refractivity contribution in [3.63, 3.8) is 0 Å². The summed E-state index contributed by atoms with van der Waals surface area (Å²) >= 11 is 0. The van der Waals surface area contributed by atoms with Crippen molar-refractivity contribution in [3.05, 3.63) is 114 Å². The Labute approximate surface area is 177 Å². The molecule has 0 fully saturated rings. The van der Waals surface area contributed by atoms with Crippen molar-refractivity contribution in [1.29, 1.82) is 0 Å². The smallest absolute Gasteiger partial charge is 0.175 e. The molecule has 0 amide bonds. The third-order valence-corrected chi connectivity index (χ3v) is 6.30. The fourth-order valence-electron chi connectivity index (χ4n) is 3.69. The number of hydrogen-bond acceptors (Lipinski definition) is 4. The molecule has 1 unspecified atom stereocenters. The summed E-state index contributed by atoms with van der Waals surface area (Å²) < 4.78 is 24.2. The van der Waals surface area contributed by atoms with Gasteiger partial charge in [-0.15, -0.1) is 0 Å². The molecular weight excluding hydrogens is 392 g/mol. The Bertz CT molecular complexity index is 1240. The first-order valence-electron chi connectivity index (χ1n) is 9.70. The van der Waals surface area contributed by atoms with Crippen molar-refractivity contribution in [2.75, 3.05) is 6.26 Å². The predicted molar refractivity (Wildman–Crippen MR) is 119 cm³/mol. The second-order valence-electron chi connectivity index (χ2n) is 7.29. The second-order valence-corrected chi connectivity index (χ2v) is 9.30. The van der Waals surface area contributed by atoms with E-state index in [-0.39, 0.29) is 5.92 Å². The monoisotopic (exact) mass is 414 g/mol. The summed E-state index contributed by atoms with van der Waals surface area (Å²) in [5.41, 5.74) is 5.35. The molecule has 5 heteroatoms. The van der Waals surface area contributed by atoms with Gasteiger partial charge >= 0.3 is 0 Å². The maximum absolute atomic E-state index is 12.1.